The highest BCUT2D eigenvalue weighted by Crippen LogP contribution is 2.17. The SMILES string of the molecule is N#CCCNC(=O)NCc1ccc(N2CCCNC2=O)cc1. The molecule has 1 aromatic rings. The van der Waals surface area contributed by atoms with Gasteiger partial charge in [0.15, 0.2) is 0 Å². The lowest BCUT2D eigenvalue weighted by molar-refractivity contribution is 0.240. The molecule has 1 aliphatic heterocycles. The molecule has 1 aromatic carbocycles. The Labute approximate surface area is 129 Å². The van der Waals surface area contributed by atoms with Gasteiger partial charge in [-0.05, 0) is 24.1 Å². The molecule has 22 heavy (non-hydrogen) atoms. The maximum absolute atomic E-state index is 11.7. The molecule has 1 saturated heterocycles. The summed E-state index contributed by atoms with van der Waals surface area (Å²) in [5.41, 5.74) is 1.79. The zero-order valence-corrected chi connectivity index (χ0v) is 12.3. The number of carbonyl (C=O) groups is 2. The summed E-state index contributed by atoms with van der Waals surface area (Å²) in [5, 5.41) is 16.5. The Morgan fingerprint density at radius 3 is 2.77 bits per heavy atom. The summed E-state index contributed by atoms with van der Waals surface area (Å²) in [4.78, 5) is 24.9. The first-order valence-electron chi connectivity index (χ1n) is 7.23. The lowest BCUT2D eigenvalue weighted by Gasteiger charge is -2.27. The van der Waals surface area contributed by atoms with Crippen LogP contribution in [0, 0.1) is 11.3 Å². The van der Waals surface area contributed by atoms with E-state index in [1.54, 1.807) is 4.90 Å². The molecule has 116 valence electrons. The average Bonchev–Trinajstić information content (AvgIpc) is 2.54. The summed E-state index contributed by atoms with van der Waals surface area (Å²) in [7, 11) is 0. The molecule has 0 spiro atoms. The van der Waals surface area contributed by atoms with E-state index in [-0.39, 0.29) is 12.1 Å². The van der Waals surface area contributed by atoms with Crippen molar-refractivity contribution in [2.45, 2.75) is 19.4 Å². The topological polar surface area (TPSA) is 97.3 Å². The van der Waals surface area contributed by atoms with Gasteiger partial charge in [0.1, 0.15) is 0 Å². The molecule has 0 aliphatic carbocycles. The van der Waals surface area contributed by atoms with Gasteiger partial charge in [-0.1, -0.05) is 12.1 Å². The van der Waals surface area contributed by atoms with Crippen LogP contribution in [-0.4, -0.2) is 31.7 Å². The van der Waals surface area contributed by atoms with Crippen molar-refractivity contribution in [3.8, 4) is 6.07 Å². The van der Waals surface area contributed by atoms with Crippen LogP contribution in [0.15, 0.2) is 24.3 Å². The van der Waals surface area contributed by atoms with Gasteiger partial charge in [0.25, 0.3) is 0 Å². The van der Waals surface area contributed by atoms with Gasteiger partial charge >= 0.3 is 12.1 Å². The summed E-state index contributed by atoms with van der Waals surface area (Å²) in [6.07, 6.45) is 1.22. The number of amides is 4. The number of benzene rings is 1. The number of anilines is 1. The molecule has 7 nitrogen and oxygen atoms in total. The molecule has 0 saturated carbocycles. The largest absolute Gasteiger partial charge is 0.338 e. The van der Waals surface area contributed by atoms with E-state index in [1.807, 2.05) is 30.3 Å². The smallest absolute Gasteiger partial charge is 0.321 e. The zero-order chi connectivity index (χ0) is 15.8. The molecule has 4 amide bonds. The summed E-state index contributed by atoms with van der Waals surface area (Å²) in [5.74, 6) is 0. The van der Waals surface area contributed by atoms with Crippen LogP contribution in [-0.2, 0) is 6.54 Å². The van der Waals surface area contributed by atoms with E-state index in [4.69, 9.17) is 5.26 Å². The normalized spacial score (nSPS) is 14.0. The van der Waals surface area contributed by atoms with Gasteiger partial charge in [0.05, 0.1) is 12.5 Å². The zero-order valence-electron chi connectivity index (χ0n) is 12.3. The van der Waals surface area contributed by atoms with Crippen LogP contribution in [0.1, 0.15) is 18.4 Å². The van der Waals surface area contributed by atoms with Crippen molar-refractivity contribution in [3.63, 3.8) is 0 Å². The monoisotopic (exact) mass is 301 g/mol. The van der Waals surface area contributed by atoms with Crippen LogP contribution in [0.3, 0.4) is 0 Å². The Hall–Kier alpha value is -2.75. The van der Waals surface area contributed by atoms with Crippen molar-refractivity contribution in [3.05, 3.63) is 29.8 Å². The summed E-state index contributed by atoms with van der Waals surface area (Å²) < 4.78 is 0. The molecular weight excluding hydrogens is 282 g/mol. The van der Waals surface area contributed by atoms with Gasteiger partial charge in [0.2, 0.25) is 0 Å². The standard InChI is InChI=1S/C15H19N5O2/c16-7-1-8-17-14(21)19-11-12-3-5-13(6-4-12)20-10-2-9-18-15(20)22/h3-6H,1-2,8-11H2,(H,18,22)(H2,17,19,21). The predicted molar refractivity (Wildman–Crippen MR) is 82.3 cm³/mol. The van der Waals surface area contributed by atoms with E-state index in [0.29, 0.717) is 26.1 Å². The minimum absolute atomic E-state index is 0.0750. The highest BCUT2D eigenvalue weighted by molar-refractivity contribution is 5.92. The van der Waals surface area contributed by atoms with Gasteiger partial charge in [-0.3, -0.25) is 4.90 Å². The van der Waals surface area contributed by atoms with E-state index in [2.05, 4.69) is 16.0 Å². The molecule has 1 heterocycles. The third-order valence-electron chi connectivity index (χ3n) is 3.30. The van der Waals surface area contributed by atoms with Crippen molar-refractivity contribution in [2.75, 3.05) is 24.5 Å². The maximum atomic E-state index is 11.7. The van der Waals surface area contributed by atoms with E-state index < -0.39 is 0 Å². The molecule has 0 aromatic heterocycles. The van der Waals surface area contributed by atoms with Crippen LogP contribution >= 0.6 is 0 Å². The van der Waals surface area contributed by atoms with Crippen LogP contribution in [0.5, 0.6) is 0 Å². The first kappa shape index (κ1) is 15.6. The van der Waals surface area contributed by atoms with E-state index in [0.717, 1.165) is 24.2 Å². The first-order chi connectivity index (χ1) is 10.7. The number of nitrogens with one attached hydrogen (secondary N) is 3. The van der Waals surface area contributed by atoms with Crippen LogP contribution in [0.2, 0.25) is 0 Å². The number of nitrogens with zero attached hydrogens (tertiary/aromatic N) is 2. The van der Waals surface area contributed by atoms with E-state index in [9.17, 15) is 9.59 Å². The highest BCUT2D eigenvalue weighted by Gasteiger charge is 2.18. The second kappa shape index (κ2) is 7.88. The number of hydrogen-bond acceptors (Lipinski definition) is 3. The predicted octanol–water partition coefficient (Wildman–Crippen LogP) is 1.32. The van der Waals surface area contributed by atoms with Crippen LogP contribution < -0.4 is 20.9 Å². The van der Waals surface area contributed by atoms with Crippen molar-refractivity contribution in [2.24, 2.45) is 0 Å². The highest BCUT2D eigenvalue weighted by atomic mass is 16.2. The number of nitriles is 1. The molecule has 1 aliphatic rings. The molecule has 1 fully saturated rings. The molecule has 7 heteroatoms. The summed E-state index contributed by atoms with van der Waals surface area (Å²) in [6.45, 7) is 2.17. The van der Waals surface area contributed by atoms with Crippen molar-refractivity contribution in [1.82, 2.24) is 16.0 Å². The summed E-state index contributed by atoms with van der Waals surface area (Å²) >= 11 is 0. The molecule has 0 atom stereocenters. The Bertz CT molecular complexity index is 564. The quantitative estimate of drug-likeness (QED) is 0.715. The maximum Gasteiger partial charge on any atom is 0.321 e. The lowest BCUT2D eigenvalue weighted by Crippen LogP contribution is -2.46. The molecular formula is C15H19N5O2. The fraction of sp³-hybridized carbons (Fsp3) is 0.400. The van der Waals surface area contributed by atoms with Crippen LogP contribution in [0.25, 0.3) is 0 Å². The molecule has 0 unspecified atom stereocenters. The van der Waals surface area contributed by atoms with Crippen molar-refractivity contribution >= 4 is 17.7 Å². The second-order valence-electron chi connectivity index (χ2n) is 4.92. The van der Waals surface area contributed by atoms with Gasteiger partial charge in [-0.2, -0.15) is 5.26 Å². The van der Waals surface area contributed by atoms with Gasteiger partial charge in [0, 0.05) is 31.9 Å². The van der Waals surface area contributed by atoms with Crippen molar-refractivity contribution < 1.29 is 9.59 Å². The molecule has 0 radical (unpaired) electrons. The van der Waals surface area contributed by atoms with Gasteiger partial charge in [-0.25, -0.2) is 9.59 Å². The number of hydrogen-bond donors (Lipinski definition) is 3. The third kappa shape index (κ3) is 4.38. The average molecular weight is 301 g/mol. The third-order valence-corrected chi connectivity index (χ3v) is 3.30. The Morgan fingerprint density at radius 2 is 2.09 bits per heavy atom. The Balaban J connectivity index is 1.83. The minimum Gasteiger partial charge on any atom is -0.338 e. The first-order valence-corrected chi connectivity index (χ1v) is 7.23. The Morgan fingerprint density at radius 1 is 1.32 bits per heavy atom. The van der Waals surface area contributed by atoms with Gasteiger partial charge in [-0.15, -0.1) is 0 Å². The van der Waals surface area contributed by atoms with Gasteiger partial charge < -0.3 is 16.0 Å². The molecule has 0 bridgehead atoms. The fourth-order valence-corrected chi connectivity index (χ4v) is 2.15. The van der Waals surface area contributed by atoms with E-state index >= 15 is 0 Å². The van der Waals surface area contributed by atoms with Crippen LogP contribution in [0.4, 0.5) is 15.3 Å². The molecule has 2 rings (SSSR count). The Kier molecular flexibility index (Phi) is 5.60. The number of carbonyl (C=O) groups excluding carboxylic acids is 2. The second-order valence-corrected chi connectivity index (χ2v) is 4.92. The lowest BCUT2D eigenvalue weighted by atomic mass is 10.2. The van der Waals surface area contributed by atoms with Crippen molar-refractivity contribution in [1.29, 1.82) is 5.26 Å². The summed E-state index contributed by atoms with van der Waals surface area (Å²) in [6, 6.07) is 9.09. The fourth-order valence-electron chi connectivity index (χ4n) is 2.15. The minimum atomic E-state index is -0.297. The number of urea groups is 2. The number of rotatable bonds is 5. The molecule has 3 N–H and O–H groups in total. The van der Waals surface area contributed by atoms with E-state index in [1.165, 1.54) is 0 Å².